The molecule has 0 aromatic carbocycles. The smallest absolute Gasteiger partial charge is 0.237 e. The number of nitrogens with one attached hydrogen (secondary N) is 1. The van der Waals surface area contributed by atoms with Gasteiger partial charge in [0.2, 0.25) is 5.91 Å². The molecule has 1 amide bonds. The first-order valence-corrected chi connectivity index (χ1v) is 6.79. The van der Waals surface area contributed by atoms with Crippen LogP contribution in [0, 0.1) is 0 Å². The van der Waals surface area contributed by atoms with Crippen LogP contribution in [0.5, 0.6) is 0 Å². The van der Waals surface area contributed by atoms with Crippen molar-refractivity contribution >= 4 is 5.91 Å². The van der Waals surface area contributed by atoms with Crippen molar-refractivity contribution in [1.82, 2.24) is 10.2 Å². The highest BCUT2D eigenvalue weighted by molar-refractivity contribution is 5.81. The number of carbonyl (C=O) groups is 1. The third kappa shape index (κ3) is 4.92. The first-order valence-electron chi connectivity index (χ1n) is 6.79. The van der Waals surface area contributed by atoms with E-state index in [1.165, 1.54) is 12.8 Å². The lowest BCUT2D eigenvalue weighted by atomic mass is 10.2. The van der Waals surface area contributed by atoms with Gasteiger partial charge in [-0.2, -0.15) is 0 Å². The molecule has 0 aliphatic heterocycles. The van der Waals surface area contributed by atoms with Gasteiger partial charge < -0.3 is 15.8 Å². The Hall–Kier alpha value is -0.650. The Bertz CT molecular complexity index is 255. The summed E-state index contributed by atoms with van der Waals surface area (Å²) < 4.78 is 5.00. The number of hydrogen-bond acceptors (Lipinski definition) is 4. The highest BCUT2D eigenvalue weighted by Crippen LogP contribution is 2.17. The van der Waals surface area contributed by atoms with Crippen LogP contribution in [0.4, 0.5) is 0 Å². The maximum absolute atomic E-state index is 12.1. The number of ether oxygens (including phenoxy) is 1. The van der Waals surface area contributed by atoms with E-state index in [1.807, 2.05) is 18.9 Å². The van der Waals surface area contributed by atoms with E-state index in [-0.39, 0.29) is 18.0 Å². The molecule has 5 nitrogen and oxygen atoms in total. The Morgan fingerprint density at radius 1 is 1.50 bits per heavy atom. The van der Waals surface area contributed by atoms with Crippen molar-refractivity contribution in [3.63, 3.8) is 0 Å². The summed E-state index contributed by atoms with van der Waals surface area (Å²) in [7, 11) is 3.56. The maximum Gasteiger partial charge on any atom is 0.237 e. The summed E-state index contributed by atoms with van der Waals surface area (Å²) >= 11 is 0. The minimum absolute atomic E-state index is 0.0540. The van der Waals surface area contributed by atoms with Gasteiger partial charge in [-0.1, -0.05) is 12.8 Å². The zero-order chi connectivity index (χ0) is 13.5. The molecule has 1 aliphatic rings. The summed E-state index contributed by atoms with van der Waals surface area (Å²) in [6, 6.07) is 0.177. The number of hydrogen-bond donors (Lipinski definition) is 2. The lowest BCUT2D eigenvalue weighted by Crippen LogP contribution is -2.50. The normalized spacial score (nSPS) is 20.1. The predicted molar refractivity (Wildman–Crippen MR) is 72.3 cm³/mol. The molecule has 0 radical (unpaired) electrons. The molecule has 1 fully saturated rings. The van der Waals surface area contributed by atoms with E-state index in [0.717, 1.165) is 12.8 Å². The van der Waals surface area contributed by atoms with E-state index >= 15 is 0 Å². The number of likely N-dealkylation sites (N-methyl/N-ethyl adjacent to an activating group) is 1. The summed E-state index contributed by atoms with van der Waals surface area (Å²) in [6.45, 7) is 3.10. The lowest BCUT2D eigenvalue weighted by Gasteiger charge is -2.27. The summed E-state index contributed by atoms with van der Waals surface area (Å²) in [5.74, 6) is 0.106. The molecule has 0 saturated heterocycles. The van der Waals surface area contributed by atoms with E-state index in [4.69, 9.17) is 10.5 Å². The van der Waals surface area contributed by atoms with Crippen LogP contribution in [0.3, 0.4) is 0 Å². The van der Waals surface area contributed by atoms with Crippen molar-refractivity contribution in [3.8, 4) is 0 Å². The zero-order valence-corrected chi connectivity index (χ0v) is 11.8. The topological polar surface area (TPSA) is 67.6 Å². The van der Waals surface area contributed by atoms with Crippen LogP contribution in [-0.2, 0) is 9.53 Å². The summed E-state index contributed by atoms with van der Waals surface area (Å²) in [5.41, 5.74) is 5.89. The number of methoxy groups -OCH3 is 1. The standard InChI is InChI=1S/C13H27N3O2/c1-10(16(2)8-11(14)9-18-3)13(17)15-12-6-4-5-7-12/h10-12H,4-9,14H2,1-3H3,(H,15,17). The Morgan fingerprint density at radius 2 is 2.11 bits per heavy atom. The summed E-state index contributed by atoms with van der Waals surface area (Å²) in [6.07, 6.45) is 4.69. The Labute approximate surface area is 110 Å². The van der Waals surface area contributed by atoms with Gasteiger partial charge in [0.25, 0.3) is 0 Å². The van der Waals surface area contributed by atoms with Crippen molar-refractivity contribution in [2.75, 3.05) is 27.3 Å². The average molecular weight is 257 g/mol. The van der Waals surface area contributed by atoms with E-state index in [1.54, 1.807) is 7.11 Å². The van der Waals surface area contributed by atoms with E-state index in [2.05, 4.69) is 5.32 Å². The second-order valence-corrected chi connectivity index (χ2v) is 5.32. The van der Waals surface area contributed by atoms with Crippen molar-refractivity contribution in [2.45, 2.75) is 50.7 Å². The molecule has 2 atom stereocenters. The fourth-order valence-corrected chi connectivity index (χ4v) is 2.39. The van der Waals surface area contributed by atoms with E-state index < -0.39 is 0 Å². The molecule has 3 N–H and O–H groups in total. The first-order chi connectivity index (χ1) is 8.54. The van der Waals surface area contributed by atoms with Gasteiger partial charge in [-0.25, -0.2) is 0 Å². The van der Waals surface area contributed by atoms with Gasteiger partial charge in [0.1, 0.15) is 0 Å². The highest BCUT2D eigenvalue weighted by atomic mass is 16.5. The van der Waals surface area contributed by atoms with Gasteiger partial charge in [-0.05, 0) is 26.8 Å². The zero-order valence-electron chi connectivity index (χ0n) is 11.8. The lowest BCUT2D eigenvalue weighted by molar-refractivity contribution is -0.126. The van der Waals surface area contributed by atoms with Crippen LogP contribution in [0.15, 0.2) is 0 Å². The van der Waals surface area contributed by atoms with Crippen molar-refractivity contribution in [1.29, 1.82) is 0 Å². The van der Waals surface area contributed by atoms with E-state index in [0.29, 0.717) is 19.2 Å². The highest BCUT2D eigenvalue weighted by Gasteiger charge is 2.23. The van der Waals surface area contributed by atoms with Crippen molar-refractivity contribution < 1.29 is 9.53 Å². The molecule has 1 rings (SSSR count). The molecule has 2 unspecified atom stereocenters. The van der Waals surface area contributed by atoms with Crippen LogP contribution < -0.4 is 11.1 Å². The predicted octanol–water partition coefficient (Wildman–Crippen LogP) is 0.339. The molecule has 106 valence electrons. The minimum atomic E-state index is -0.145. The van der Waals surface area contributed by atoms with Crippen LogP contribution in [0.25, 0.3) is 0 Å². The average Bonchev–Trinajstić information content (AvgIpc) is 2.80. The van der Waals surface area contributed by atoms with Gasteiger partial charge in [-0.15, -0.1) is 0 Å². The number of nitrogens with zero attached hydrogens (tertiary/aromatic N) is 1. The second-order valence-electron chi connectivity index (χ2n) is 5.32. The Balaban J connectivity index is 2.32. The molecular formula is C13H27N3O2. The fourth-order valence-electron chi connectivity index (χ4n) is 2.39. The third-order valence-electron chi connectivity index (χ3n) is 3.65. The fraction of sp³-hybridized carbons (Fsp3) is 0.923. The molecule has 18 heavy (non-hydrogen) atoms. The summed E-state index contributed by atoms with van der Waals surface area (Å²) in [5, 5.41) is 3.11. The first kappa shape index (κ1) is 15.4. The van der Waals surface area contributed by atoms with Gasteiger partial charge in [0.05, 0.1) is 12.6 Å². The molecule has 0 spiro atoms. The molecule has 0 aromatic rings. The molecule has 0 bridgehead atoms. The molecule has 1 saturated carbocycles. The summed E-state index contributed by atoms with van der Waals surface area (Å²) in [4.78, 5) is 14.0. The van der Waals surface area contributed by atoms with E-state index in [9.17, 15) is 4.79 Å². The quantitative estimate of drug-likeness (QED) is 0.690. The van der Waals surface area contributed by atoms with Gasteiger partial charge in [-0.3, -0.25) is 9.69 Å². The van der Waals surface area contributed by atoms with Crippen molar-refractivity contribution in [2.24, 2.45) is 5.73 Å². The monoisotopic (exact) mass is 257 g/mol. The molecule has 1 aliphatic carbocycles. The maximum atomic E-state index is 12.1. The second kappa shape index (κ2) is 7.71. The number of rotatable bonds is 7. The van der Waals surface area contributed by atoms with Crippen LogP contribution >= 0.6 is 0 Å². The Morgan fingerprint density at radius 3 is 2.67 bits per heavy atom. The molecule has 0 heterocycles. The SMILES string of the molecule is COCC(N)CN(C)C(C)C(=O)NC1CCCC1. The van der Waals surface area contributed by atoms with Gasteiger partial charge >= 0.3 is 0 Å². The van der Waals surface area contributed by atoms with Crippen LogP contribution in [-0.4, -0.2) is 56.2 Å². The molecule has 5 heteroatoms. The minimum Gasteiger partial charge on any atom is -0.383 e. The van der Waals surface area contributed by atoms with Crippen LogP contribution in [0.2, 0.25) is 0 Å². The number of carbonyl (C=O) groups excluding carboxylic acids is 1. The van der Waals surface area contributed by atoms with Gasteiger partial charge in [0, 0.05) is 25.7 Å². The van der Waals surface area contributed by atoms with Crippen LogP contribution in [0.1, 0.15) is 32.6 Å². The third-order valence-corrected chi connectivity index (χ3v) is 3.65. The Kier molecular flexibility index (Phi) is 6.60. The largest absolute Gasteiger partial charge is 0.383 e. The number of amides is 1. The number of nitrogens with two attached hydrogens (primary N) is 1. The molecule has 0 aromatic heterocycles. The van der Waals surface area contributed by atoms with Crippen molar-refractivity contribution in [3.05, 3.63) is 0 Å². The molecular weight excluding hydrogens is 230 g/mol. The van der Waals surface area contributed by atoms with Gasteiger partial charge in [0.15, 0.2) is 0 Å².